The lowest BCUT2D eigenvalue weighted by molar-refractivity contribution is 0.412. The third-order valence-corrected chi connectivity index (χ3v) is 2.08. The van der Waals surface area contributed by atoms with Crippen LogP contribution < -0.4 is 9.88 Å². The van der Waals surface area contributed by atoms with Gasteiger partial charge in [0, 0.05) is 0 Å². The number of methoxy groups -OCH3 is 1. The van der Waals surface area contributed by atoms with Gasteiger partial charge < -0.3 is 4.74 Å². The molecule has 72 valence electrons. The van der Waals surface area contributed by atoms with Crippen LogP contribution in [0.25, 0.3) is 0 Å². The van der Waals surface area contributed by atoms with Crippen LogP contribution in [-0.4, -0.2) is 20.5 Å². The molecule has 6 heteroatoms. The molecule has 0 aliphatic heterocycles. The fourth-order valence-electron chi connectivity index (χ4n) is 0.823. The molecule has 2 N–H and O–H groups in total. The first-order chi connectivity index (χ1) is 6.01. The van der Waals surface area contributed by atoms with Crippen molar-refractivity contribution in [3.63, 3.8) is 0 Å². The van der Waals surface area contributed by atoms with E-state index in [9.17, 15) is 8.42 Å². The fourth-order valence-corrected chi connectivity index (χ4v) is 1.41. The normalized spacial score (nSPS) is 11.2. The minimum atomic E-state index is -3.50. The van der Waals surface area contributed by atoms with Crippen molar-refractivity contribution in [1.29, 1.82) is 0 Å². The minimum absolute atomic E-state index is 0.253. The van der Waals surface area contributed by atoms with Crippen LogP contribution in [0.3, 0.4) is 0 Å². The average Bonchev–Trinajstić information content (AvgIpc) is 2.03. The Hall–Kier alpha value is -1.14. The Bertz CT molecular complexity index is 371. The zero-order valence-electron chi connectivity index (χ0n) is 7.10. The second-order valence-corrected chi connectivity index (χ2v) is 4.11. The van der Waals surface area contributed by atoms with Gasteiger partial charge in [0.05, 0.1) is 19.0 Å². The summed E-state index contributed by atoms with van der Waals surface area (Å²) in [6.07, 6.45) is 1.44. The number of rotatable bonds is 3. The molecule has 1 aromatic rings. The van der Waals surface area contributed by atoms with Gasteiger partial charge in [0.1, 0.15) is 11.5 Å². The molecule has 1 aromatic heterocycles. The number of aromatic nitrogens is 1. The van der Waals surface area contributed by atoms with Gasteiger partial charge in [-0.2, -0.15) is 0 Å². The Morgan fingerprint density at radius 1 is 1.54 bits per heavy atom. The number of primary sulfonamides is 1. The molecule has 13 heavy (non-hydrogen) atoms. The molecule has 1 heterocycles. The molecular weight excluding hydrogens is 192 g/mol. The van der Waals surface area contributed by atoms with E-state index >= 15 is 0 Å². The van der Waals surface area contributed by atoms with Gasteiger partial charge in [-0.15, -0.1) is 0 Å². The van der Waals surface area contributed by atoms with Crippen LogP contribution in [0, 0.1) is 0 Å². The average molecular weight is 202 g/mol. The molecule has 0 unspecified atom stereocenters. The molecule has 0 aliphatic carbocycles. The first kappa shape index (κ1) is 9.94. The van der Waals surface area contributed by atoms with Gasteiger partial charge in [-0.3, -0.25) is 4.98 Å². The monoisotopic (exact) mass is 202 g/mol. The third-order valence-electron chi connectivity index (χ3n) is 1.38. The summed E-state index contributed by atoms with van der Waals surface area (Å²) in [4.78, 5) is 3.85. The molecule has 1 rings (SSSR count). The summed E-state index contributed by atoms with van der Waals surface area (Å²) in [5.74, 6) is 0.329. The van der Waals surface area contributed by atoms with Crippen LogP contribution in [-0.2, 0) is 15.8 Å². The maximum Gasteiger partial charge on any atom is 0.214 e. The van der Waals surface area contributed by atoms with Gasteiger partial charge in [-0.05, 0) is 12.1 Å². The first-order valence-corrected chi connectivity index (χ1v) is 5.22. The van der Waals surface area contributed by atoms with E-state index in [0.29, 0.717) is 11.4 Å². The first-order valence-electron chi connectivity index (χ1n) is 3.50. The van der Waals surface area contributed by atoms with E-state index < -0.39 is 10.0 Å². The van der Waals surface area contributed by atoms with Crippen LogP contribution in [0.1, 0.15) is 5.69 Å². The molecule has 0 spiro atoms. The molecule has 0 aliphatic rings. The lowest BCUT2D eigenvalue weighted by atomic mass is 10.4. The standard InChI is InChI=1S/C7H10N2O3S/c1-12-7-3-2-6(9-4-7)5-13(8,10)11/h2-4H,5H2,1H3,(H2,8,10,11). The lowest BCUT2D eigenvalue weighted by Gasteiger charge is -2.00. The Labute approximate surface area is 76.6 Å². The van der Waals surface area contributed by atoms with Crippen molar-refractivity contribution in [2.24, 2.45) is 5.14 Å². The van der Waals surface area contributed by atoms with Crippen molar-refractivity contribution < 1.29 is 13.2 Å². The molecule has 0 bridgehead atoms. The summed E-state index contributed by atoms with van der Waals surface area (Å²) in [5.41, 5.74) is 0.406. The molecule has 0 aromatic carbocycles. The van der Waals surface area contributed by atoms with Crippen molar-refractivity contribution in [3.05, 3.63) is 24.0 Å². The minimum Gasteiger partial charge on any atom is -0.495 e. The number of nitrogens with two attached hydrogens (primary N) is 1. The zero-order valence-corrected chi connectivity index (χ0v) is 7.91. The highest BCUT2D eigenvalue weighted by atomic mass is 32.2. The summed E-state index contributed by atoms with van der Waals surface area (Å²) in [6.45, 7) is 0. The van der Waals surface area contributed by atoms with Gasteiger partial charge in [0.25, 0.3) is 0 Å². The summed E-state index contributed by atoms with van der Waals surface area (Å²) in [6, 6.07) is 3.19. The lowest BCUT2D eigenvalue weighted by Crippen LogP contribution is -2.15. The number of nitrogens with zero attached hydrogens (tertiary/aromatic N) is 1. The van der Waals surface area contributed by atoms with Gasteiger partial charge in [-0.25, -0.2) is 13.6 Å². The summed E-state index contributed by atoms with van der Waals surface area (Å²) in [7, 11) is -1.99. The van der Waals surface area contributed by atoms with Crippen LogP contribution in [0.5, 0.6) is 5.75 Å². The highest BCUT2D eigenvalue weighted by Gasteiger charge is 2.05. The van der Waals surface area contributed by atoms with Gasteiger partial charge >= 0.3 is 0 Å². The molecule has 0 fully saturated rings. The molecule has 0 saturated heterocycles. The van der Waals surface area contributed by atoms with Gasteiger partial charge in [0.15, 0.2) is 0 Å². The smallest absolute Gasteiger partial charge is 0.214 e. The maximum absolute atomic E-state index is 10.7. The zero-order chi connectivity index (χ0) is 9.90. The Morgan fingerprint density at radius 3 is 2.62 bits per heavy atom. The van der Waals surface area contributed by atoms with E-state index in [1.54, 1.807) is 12.1 Å². The van der Waals surface area contributed by atoms with Crippen molar-refractivity contribution in [2.75, 3.05) is 7.11 Å². The fraction of sp³-hybridized carbons (Fsp3) is 0.286. The number of hydrogen-bond donors (Lipinski definition) is 1. The predicted molar refractivity (Wildman–Crippen MR) is 47.6 cm³/mol. The van der Waals surface area contributed by atoms with E-state index in [1.807, 2.05) is 0 Å². The predicted octanol–water partition coefficient (Wildman–Crippen LogP) is -0.121. The molecular formula is C7H10N2O3S. The Morgan fingerprint density at radius 2 is 2.23 bits per heavy atom. The van der Waals surface area contributed by atoms with E-state index in [4.69, 9.17) is 9.88 Å². The SMILES string of the molecule is COc1ccc(CS(N)(=O)=O)nc1. The summed E-state index contributed by atoms with van der Waals surface area (Å²) in [5, 5.41) is 4.84. The van der Waals surface area contributed by atoms with Gasteiger partial charge in [0.2, 0.25) is 10.0 Å². The second kappa shape index (κ2) is 3.71. The van der Waals surface area contributed by atoms with Crippen LogP contribution in [0.15, 0.2) is 18.3 Å². The molecule has 0 amide bonds. The second-order valence-electron chi connectivity index (χ2n) is 2.50. The Kier molecular flexibility index (Phi) is 2.84. The molecule has 5 nitrogen and oxygen atoms in total. The third kappa shape index (κ3) is 3.39. The highest BCUT2D eigenvalue weighted by Crippen LogP contribution is 2.08. The van der Waals surface area contributed by atoms with Crippen LogP contribution in [0.4, 0.5) is 0 Å². The number of ether oxygens (including phenoxy) is 1. The maximum atomic E-state index is 10.7. The quantitative estimate of drug-likeness (QED) is 0.740. The van der Waals surface area contributed by atoms with Crippen molar-refractivity contribution >= 4 is 10.0 Å². The molecule has 0 atom stereocenters. The number of hydrogen-bond acceptors (Lipinski definition) is 4. The van der Waals surface area contributed by atoms with E-state index in [2.05, 4.69) is 4.98 Å². The summed E-state index contributed by atoms with van der Waals surface area (Å²) < 4.78 is 26.2. The Balaban J connectivity index is 2.81. The van der Waals surface area contributed by atoms with E-state index in [-0.39, 0.29) is 5.75 Å². The highest BCUT2D eigenvalue weighted by molar-refractivity contribution is 7.88. The van der Waals surface area contributed by atoms with E-state index in [1.165, 1.54) is 13.3 Å². The summed E-state index contributed by atoms with van der Waals surface area (Å²) >= 11 is 0. The van der Waals surface area contributed by atoms with Crippen molar-refractivity contribution in [1.82, 2.24) is 4.98 Å². The number of sulfonamides is 1. The van der Waals surface area contributed by atoms with Crippen LogP contribution in [0.2, 0.25) is 0 Å². The largest absolute Gasteiger partial charge is 0.495 e. The molecule has 0 radical (unpaired) electrons. The van der Waals surface area contributed by atoms with Crippen molar-refractivity contribution in [3.8, 4) is 5.75 Å². The van der Waals surface area contributed by atoms with E-state index in [0.717, 1.165) is 0 Å². The van der Waals surface area contributed by atoms with Crippen molar-refractivity contribution in [2.45, 2.75) is 5.75 Å². The molecule has 0 saturated carbocycles. The number of pyridine rings is 1. The van der Waals surface area contributed by atoms with Crippen LogP contribution >= 0.6 is 0 Å². The topological polar surface area (TPSA) is 82.3 Å². The van der Waals surface area contributed by atoms with Gasteiger partial charge in [-0.1, -0.05) is 0 Å².